The van der Waals surface area contributed by atoms with E-state index in [1.54, 1.807) is 0 Å². The molecule has 5 rings (SSSR count). The van der Waals surface area contributed by atoms with Crippen LogP contribution in [0.5, 0.6) is 0 Å². The molecule has 3 aliphatic carbocycles. The molecule has 0 aromatic heterocycles. The van der Waals surface area contributed by atoms with Crippen molar-refractivity contribution < 1.29 is 4.74 Å². The Morgan fingerprint density at radius 3 is 2.17 bits per heavy atom. The van der Waals surface area contributed by atoms with Crippen LogP contribution in [0.2, 0.25) is 0 Å². The number of fused-ring (bicyclic) bond motifs is 1. The summed E-state index contributed by atoms with van der Waals surface area (Å²) in [5.41, 5.74) is 5.45. The minimum Gasteiger partial charge on any atom is -0.361 e. The lowest BCUT2D eigenvalue weighted by molar-refractivity contribution is -0.0877. The van der Waals surface area contributed by atoms with Crippen LogP contribution in [-0.2, 0) is 10.3 Å². The maximum atomic E-state index is 6.79. The van der Waals surface area contributed by atoms with Crippen molar-refractivity contribution >= 4 is 0 Å². The first-order chi connectivity index (χ1) is 11.1. The first-order valence-corrected chi connectivity index (χ1v) is 8.63. The van der Waals surface area contributed by atoms with Crippen LogP contribution in [-0.4, -0.2) is 31.6 Å². The Hall–Kier alpha value is -1.64. The van der Waals surface area contributed by atoms with Crippen LogP contribution in [0.1, 0.15) is 47.9 Å². The highest BCUT2D eigenvalue weighted by Crippen LogP contribution is 2.57. The lowest BCUT2D eigenvalue weighted by Gasteiger charge is -2.50. The predicted molar refractivity (Wildman–Crippen MR) is 93.8 cm³/mol. The van der Waals surface area contributed by atoms with Gasteiger partial charge < -0.3 is 9.64 Å². The molecule has 1 atom stereocenters. The lowest BCUT2D eigenvalue weighted by atomic mass is 9.61. The number of hydrogen-bond acceptors (Lipinski definition) is 2. The third-order valence-electron chi connectivity index (χ3n) is 5.35. The Kier molecular flexibility index (Phi) is 3.55. The molecule has 0 saturated carbocycles. The van der Waals surface area contributed by atoms with E-state index < -0.39 is 0 Å². The summed E-state index contributed by atoms with van der Waals surface area (Å²) in [4.78, 5) is 2.20. The molecule has 3 aliphatic rings. The van der Waals surface area contributed by atoms with Crippen molar-refractivity contribution in [2.45, 2.75) is 37.4 Å². The molecule has 0 fully saturated rings. The van der Waals surface area contributed by atoms with Gasteiger partial charge in [0.1, 0.15) is 5.60 Å². The fourth-order valence-electron chi connectivity index (χ4n) is 4.66. The smallest absolute Gasteiger partial charge is 0.119 e. The molecule has 0 spiro atoms. The number of hydrogen-bond donors (Lipinski definition) is 0. The van der Waals surface area contributed by atoms with E-state index in [9.17, 15) is 0 Å². The molecule has 2 aromatic rings. The number of rotatable bonds is 4. The summed E-state index contributed by atoms with van der Waals surface area (Å²) in [7, 11) is 4.22. The Morgan fingerprint density at radius 2 is 1.61 bits per heavy atom. The fraction of sp³-hybridized carbons (Fsp3) is 0.429. The van der Waals surface area contributed by atoms with E-state index in [-0.39, 0.29) is 11.7 Å². The van der Waals surface area contributed by atoms with Gasteiger partial charge >= 0.3 is 0 Å². The quantitative estimate of drug-likeness (QED) is 0.842. The second-order valence-corrected chi connectivity index (χ2v) is 7.28. The molecule has 0 saturated heterocycles. The van der Waals surface area contributed by atoms with Crippen LogP contribution in [0.4, 0.5) is 0 Å². The second kappa shape index (κ2) is 5.47. The SMILES string of the molecule is CC(CN(C)C)OC12CCC(c3ccccc31)c1ccccc12. The first-order valence-electron chi connectivity index (χ1n) is 8.63. The third kappa shape index (κ3) is 2.24. The highest BCUT2D eigenvalue weighted by atomic mass is 16.5. The molecule has 2 bridgehead atoms. The third-order valence-corrected chi connectivity index (χ3v) is 5.35. The highest BCUT2D eigenvalue weighted by molar-refractivity contribution is 5.57. The van der Waals surface area contributed by atoms with E-state index in [4.69, 9.17) is 4.74 Å². The van der Waals surface area contributed by atoms with E-state index in [1.807, 2.05) is 0 Å². The molecule has 1 unspecified atom stereocenters. The monoisotopic (exact) mass is 307 g/mol. The maximum absolute atomic E-state index is 6.79. The van der Waals surface area contributed by atoms with Gasteiger partial charge in [-0.3, -0.25) is 0 Å². The lowest BCUT2D eigenvalue weighted by Crippen LogP contribution is -2.45. The van der Waals surface area contributed by atoms with Crippen LogP contribution >= 0.6 is 0 Å². The van der Waals surface area contributed by atoms with Crippen molar-refractivity contribution in [3.05, 3.63) is 70.8 Å². The molecular weight excluding hydrogens is 282 g/mol. The van der Waals surface area contributed by atoms with Gasteiger partial charge in [0.05, 0.1) is 6.10 Å². The molecule has 0 amide bonds. The molecule has 0 N–H and O–H groups in total. The van der Waals surface area contributed by atoms with Crippen LogP contribution in [0, 0.1) is 0 Å². The summed E-state index contributed by atoms with van der Waals surface area (Å²) in [5.74, 6) is 0.539. The molecule has 23 heavy (non-hydrogen) atoms. The molecule has 0 heterocycles. The predicted octanol–water partition coefficient (Wildman–Crippen LogP) is 4.14. The Balaban J connectivity index is 1.85. The van der Waals surface area contributed by atoms with Gasteiger partial charge in [-0.15, -0.1) is 0 Å². The van der Waals surface area contributed by atoms with Gasteiger partial charge in [0, 0.05) is 12.5 Å². The minimum atomic E-state index is -0.267. The molecule has 2 heteroatoms. The number of likely N-dealkylation sites (N-methyl/N-ethyl adjacent to an activating group) is 1. The molecule has 0 radical (unpaired) electrons. The summed E-state index contributed by atoms with van der Waals surface area (Å²) in [6.45, 7) is 3.14. The molecule has 2 aromatic carbocycles. The second-order valence-electron chi connectivity index (χ2n) is 7.28. The van der Waals surface area contributed by atoms with Crippen molar-refractivity contribution in [2.24, 2.45) is 0 Å². The molecular formula is C21H25NO. The first kappa shape index (κ1) is 14.9. The summed E-state index contributed by atoms with van der Waals surface area (Å²) >= 11 is 0. The van der Waals surface area contributed by atoms with E-state index in [2.05, 4.69) is 74.4 Å². The van der Waals surface area contributed by atoms with Crippen LogP contribution in [0.25, 0.3) is 0 Å². The van der Waals surface area contributed by atoms with Gasteiger partial charge in [-0.25, -0.2) is 0 Å². The number of ether oxygens (including phenoxy) is 1. The van der Waals surface area contributed by atoms with Crippen molar-refractivity contribution in [1.29, 1.82) is 0 Å². The number of nitrogens with zero attached hydrogens (tertiary/aromatic N) is 1. The topological polar surface area (TPSA) is 12.5 Å². The summed E-state index contributed by atoms with van der Waals surface area (Å²) < 4.78 is 6.79. The zero-order valence-electron chi connectivity index (χ0n) is 14.3. The zero-order chi connectivity index (χ0) is 16.0. The molecule has 0 aliphatic heterocycles. The van der Waals surface area contributed by atoms with Crippen molar-refractivity contribution in [3.8, 4) is 0 Å². The van der Waals surface area contributed by atoms with Gasteiger partial charge in [0.15, 0.2) is 0 Å². The van der Waals surface area contributed by atoms with Gasteiger partial charge in [0.25, 0.3) is 0 Å². The zero-order valence-corrected chi connectivity index (χ0v) is 14.3. The van der Waals surface area contributed by atoms with Crippen LogP contribution in [0.3, 0.4) is 0 Å². The van der Waals surface area contributed by atoms with Crippen LogP contribution < -0.4 is 0 Å². The van der Waals surface area contributed by atoms with Gasteiger partial charge in [0.2, 0.25) is 0 Å². The van der Waals surface area contributed by atoms with Gasteiger partial charge in [-0.05, 0) is 56.1 Å². The normalized spacial score (nSPS) is 26.0. The summed E-state index contributed by atoms with van der Waals surface area (Å²) in [6, 6.07) is 17.8. The molecule has 2 nitrogen and oxygen atoms in total. The minimum absolute atomic E-state index is 0.195. The fourth-order valence-corrected chi connectivity index (χ4v) is 4.66. The Labute approximate surface area is 139 Å². The van der Waals surface area contributed by atoms with Crippen molar-refractivity contribution in [1.82, 2.24) is 4.90 Å². The average molecular weight is 307 g/mol. The van der Waals surface area contributed by atoms with Crippen molar-refractivity contribution in [2.75, 3.05) is 20.6 Å². The Bertz CT molecular complexity index is 674. The van der Waals surface area contributed by atoms with E-state index in [0.717, 1.165) is 13.0 Å². The summed E-state index contributed by atoms with van der Waals surface area (Å²) in [5, 5.41) is 0. The molecule has 120 valence electrons. The Morgan fingerprint density at radius 1 is 1.04 bits per heavy atom. The average Bonchev–Trinajstić information content (AvgIpc) is 2.55. The highest BCUT2D eigenvalue weighted by Gasteiger charge is 2.49. The van der Waals surface area contributed by atoms with Crippen molar-refractivity contribution in [3.63, 3.8) is 0 Å². The summed E-state index contributed by atoms with van der Waals surface area (Å²) in [6.07, 6.45) is 2.47. The van der Waals surface area contributed by atoms with Crippen LogP contribution in [0.15, 0.2) is 48.5 Å². The van der Waals surface area contributed by atoms with E-state index in [0.29, 0.717) is 5.92 Å². The van der Waals surface area contributed by atoms with E-state index in [1.165, 1.54) is 28.7 Å². The standard InChI is InChI=1S/C21H25NO/c1-15(14-22(2)3)23-21-13-12-16(17-8-4-6-10-19(17)21)18-9-5-7-11-20(18)21/h4-11,15-16H,12-14H2,1-3H3. The largest absolute Gasteiger partial charge is 0.361 e. The van der Waals surface area contributed by atoms with E-state index >= 15 is 0 Å². The van der Waals surface area contributed by atoms with Gasteiger partial charge in [-0.2, -0.15) is 0 Å². The number of benzene rings is 2. The van der Waals surface area contributed by atoms with Gasteiger partial charge in [-0.1, -0.05) is 48.5 Å². The maximum Gasteiger partial charge on any atom is 0.119 e.